The highest BCUT2D eigenvalue weighted by molar-refractivity contribution is 5.95. The van der Waals surface area contributed by atoms with Crippen LogP contribution in [0.5, 0.6) is 0 Å². The van der Waals surface area contributed by atoms with E-state index in [1.165, 1.54) is 6.92 Å². The van der Waals surface area contributed by atoms with Crippen molar-refractivity contribution in [2.75, 3.05) is 0 Å². The molecule has 1 aromatic heterocycles. The fraction of sp³-hybridized carbons (Fsp3) is 0.267. The molecule has 0 spiro atoms. The number of carbonyl (C=O) groups is 1. The summed E-state index contributed by atoms with van der Waals surface area (Å²) in [6, 6.07) is 3.04. The molecule has 0 saturated carbocycles. The van der Waals surface area contributed by atoms with E-state index in [2.05, 4.69) is 15.5 Å². The van der Waals surface area contributed by atoms with Gasteiger partial charge in [-0.15, -0.1) is 10.2 Å². The van der Waals surface area contributed by atoms with Crippen molar-refractivity contribution in [3.63, 3.8) is 0 Å². The fourth-order valence-corrected chi connectivity index (χ4v) is 1.79. The zero-order valence-corrected chi connectivity index (χ0v) is 12.7. The Kier molecular flexibility index (Phi) is 5.01. The molecular formula is C15H13F4N3O2. The molecule has 5 nitrogen and oxygen atoms in total. The third-order valence-corrected chi connectivity index (χ3v) is 3.01. The van der Waals surface area contributed by atoms with Crippen LogP contribution >= 0.6 is 0 Å². The number of nitrogens with one attached hydrogen (secondary N) is 1. The first-order chi connectivity index (χ1) is 11.2. The van der Waals surface area contributed by atoms with E-state index in [1.807, 2.05) is 0 Å². The van der Waals surface area contributed by atoms with E-state index in [1.54, 1.807) is 6.92 Å². The highest BCUT2D eigenvalue weighted by Crippen LogP contribution is 2.29. The highest BCUT2D eigenvalue weighted by Gasteiger charge is 2.29. The SMILES string of the molecule is Cc1nnc(C(C)NC(=O)/C(F)=C/c2ccc(C(F)(F)F)cc2)o1. The molecule has 9 heteroatoms. The Hall–Kier alpha value is -2.71. The van der Waals surface area contributed by atoms with Crippen molar-refractivity contribution in [3.8, 4) is 0 Å². The smallest absolute Gasteiger partial charge is 0.416 e. The molecule has 24 heavy (non-hydrogen) atoms. The lowest BCUT2D eigenvalue weighted by Crippen LogP contribution is -2.27. The van der Waals surface area contributed by atoms with E-state index in [4.69, 9.17) is 4.42 Å². The maximum absolute atomic E-state index is 13.9. The summed E-state index contributed by atoms with van der Waals surface area (Å²) in [6.45, 7) is 3.09. The van der Waals surface area contributed by atoms with Crippen molar-refractivity contribution in [2.45, 2.75) is 26.1 Å². The molecule has 0 aliphatic heterocycles. The van der Waals surface area contributed by atoms with Gasteiger partial charge >= 0.3 is 6.18 Å². The van der Waals surface area contributed by atoms with Gasteiger partial charge in [-0.2, -0.15) is 13.2 Å². The molecule has 2 aromatic rings. The molecule has 0 fully saturated rings. The van der Waals surface area contributed by atoms with Crippen molar-refractivity contribution in [3.05, 3.63) is 53.0 Å². The maximum Gasteiger partial charge on any atom is 0.416 e. The van der Waals surface area contributed by atoms with Crippen molar-refractivity contribution in [2.24, 2.45) is 0 Å². The normalized spacial score (nSPS) is 13.7. The number of halogens is 4. The molecule has 0 aliphatic rings. The number of hydrogen-bond acceptors (Lipinski definition) is 4. The Labute approximate surface area is 134 Å². The molecule has 1 heterocycles. The van der Waals surface area contributed by atoms with E-state index in [-0.39, 0.29) is 11.5 Å². The van der Waals surface area contributed by atoms with Crippen LogP contribution in [0, 0.1) is 6.92 Å². The van der Waals surface area contributed by atoms with Gasteiger partial charge in [-0.1, -0.05) is 12.1 Å². The number of alkyl halides is 3. The van der Waals surface area contributed by atoms with Gasteiger partial charge in [-0.3, -0.25) is 4.79 Å². The lowest BCUT2D eigenvalue weighted by atomic mass is 10.1. The standard InChI is InChI=1S/C15H13F4N3O2/c1-8(14-22-21-9(2)24-14)20-13(23)12(16)7-10-3-5-11(6-4-10)15(17,18)19/h3-8H,1-2H3,(H,20,23)/b12-7-. The number of carbonyl (C=O) groups excluding carboxylic acids is 1. The summed E-state index contributed by atoms with van der Waals surface area (Å²) in [6.07, 6.45) is -3.64. The second kappa shape index (κ2) is 6.81. The summed E-state index contributed by atoms with van der Waals surface area (Å²) in [7, 11) is 0. The van der Waals surface area contributed by atoms with Gasteiger partial charge in [0.05, 0.1) is 5.56 Å². The monoisotopic (exact) mass is 343 g/mol. The Morgan fingerprint density at radius 1 is 1.25 bits per heavy atom. The Morgan fingerprint density at radius 2 is 1.88 bits per heavy atom. The summed E-state index contributed by atoms with van der Waals surface area (Å²) in [5.41, 5.74) is -0.734. The molecule has 1 atom stereocenters. The number of hydrogen-bond donors (Lipinski definition) is 1. The lowest BCUT2D eigenvalue weighted by molar-refractivity contribution is -0.137. The van der Waals surface area contributed by atoms with Crippen LogP contribution in [0.2, 0.25) is 0 Å². The fourth-order valence-electron chi connectivity index (χ4n) is 1.79. The molecule has 0 saturated heterocycles. The van der Waals surface area contributed by atoms with Gasteiger partial charge in [0.2, 0.25) is 11.8 Å². The van der Waals surface area contributed by atoms with E-state index in [0.29, 0.717) is 5.89 Å². The van der Waals surface area contributed by atoms with Crippen LogP contribution in [-0.4, -0.2) is 16.1 Å². The third kappa shape index (κ3) is 4.40. The second-order valence-corrected chi connectivity index (χ2v) is 4.97. The first-order valence-corrected chi connectivity index (χ1v) is 6.82. The molecule has 1 amide bonds. The summed E-state index contributed by atoms with van der Waals surface area (Å²) >= 11 is 0. The van der Waals surface area contributed by atoms with Gasteiger partial charge in [0.15, 0.2) is 5.83 Å². The molecule has 0 radical (unpaired) electrons. The average molecular weight is 343 g/mol. The zero-order valence-electron chi connectivity index (χ0n) is 12.7. The number of rotatable bonds is 4. The highest BCUT2D eigenvalue weighted by atomic mass is 19.4. The van der Waals surface area contributed by atoms with E-state index in [0.717, 1.165) is 30.3 Å². The van der Waals surface area contributed by atoms with Crippen molar-refractivity contribution in [1.29, 1.82) is 0 Å². The molecule has 2 rings (SSSR count). The summed E-state index contributed by atoms with van der Waals surface area (Å²) in [4.78, 5) is 11.7. The maximum atomic E-state index is 13.9. The van der Waals surface area contributed by atoms with Gasteiger partial charge < -0.3 is 9.73 Å². The number of amides is 1. The Bertz CT molecular complexity index is 751. The van der Waals surface area contributed by atoms with Crippen LogP contribution in [0.3, 0.4) is 0 Å². The Morgan fingerprint density at radius 3 is 2.38 bits per heavy atom. The minimum atomic E-state index is -4.48. The molecule has 0 aliphatic carbocycles. The van der Waals surface area contributed by atoms with Gasteiger partial charge in [0, 0.05) is 6.92 Å². The van der Waals surface area contributed by atoms with Crippen LogP contribution in [0.15, 0.2) is 34.5 Å². The summed E-state index contributed by atoms with van der Waals surface area (Å²) in [5, 5.41) is 9.59. The van der Waals surface area contributed by atoms with Crippen LogP contribution in [-0.2, 0) is 11.0 Å². The van der Waals surface area contributed by atoms with E-state index >= 15 is 0 Å². The van der Waals surface area contributed by atoms with Crippen molar-refractivity contribution in [1.82, 2.24) is 15.5 Å². The van der Waals surface area contributed by atoms with Crippen LogP contribution in [0.25, 0.3) is 6.08 Å². The van der Waals surface area contributed by atoms with E-state index in [9.17, 15) is 22.4 Å². The molecule has 1 unspecified atom stereocenters. The first kappa shape index (κ1) is 17.6. The number of nitrogens with zero attached hydrogens (tertiary/aromatic N) is 2. The topological polar surface area (TPSA) is 68.0 Å². The zero-order chi connectivity index (χ0) is 17.9. The predicted octanol–water partition coefficient (Wildman–Crippen LogP) is 3.58. The van der Waals surface area contributed by atoms with Gasteiger partial charge in [-0.05, 0) is 30.7 Å². The van der Waals surface area contributed by atoms with Gasteiger partial charge in [0.25, 0.3) is 5.91 Å². The minimum Gasteiger partial charge on any atom is -0.423 e. The quantitative estimate of drug-likeness (QED) is 0.680. The molecular weight excluding hydrogens is 330 g/mol. The number of aromatic nitrogens is 2. The first-order valence-electron chi connectivity index (χ1n) is 6.82. The van der Waals surface area contributed by atoms with Crippen molar-refractivity contribution < 1.29 is 26.8 Å². The number of benzene rings is 1. The van der Waals surface area contributed by atoms with E-state index < -0.39 is 29.5 Å². The van der Waals surface area contributed by atoms with Gasteiger partial charge in [0.1, 0.15) is 6.04 Å². The van der Waals surface area contributed by atoms with Crippen LogP contribution in [0.4, 0.5) is 17.6 Å². The average Bonchev–Trinajstić information content (AvgIpc) is 2.93. The van der Waals surface area contributed by atoms with Crippen LogP contribution < -0.4 is 5.32 Å². The predicted molar refractivity (Wildman–Crippen MR) is 76.1 cm³/mol. The van der Waals surface area contributed by atoms with Gasteiger partial charge in [-0.25, -0.2) is 4.39 Å². The minimum absolute atomic E-state index is 0.114. The number of aryl methyl sites for hydroxylation is 1. The largest absolute Gasteiger partial charge is 0.423 e. The van der Waals surface area contributed by atoms with Crippen LogP contribution in [0.1, 0.15) is 35.9 Å². The summed E-state index contributed by atoms with van der Waals surface area (Å²) < 4.78 is 56.3. The Balaban J connectivity index is 2.05. The molecule has 1 N–H and O–H groups in total. The molecule has 1 aromatic carbocycles. The summed E-state index contributed by atoms with van der Waals surface area (Å²) in [5.74, 6) is -1.79. The molecule has 0 bridgehead atoms. The molecule has 128 valence electrons. The third-order valence-electron chi connectivity index (χ3n) is 3.01. The van der Waals surface area contributed by atoms with Crippen molar-refractivity contribution >= 4 is 12.0 Å². The second-order valence-electron chi connectivity index (χ2n) is 4.97. The lowest BCUT2D eigenvalue weighted by Gasteiger charge is -2.09.